The van der Waals surface area contributed by atoms with Gasteiger partial charge < -0.3 is 5.32 Å². The van der Waals surface area contributed by atoms with Crippen LogP contribution in [0.1, 0.15) is 5.56 Å². The van der Waals surface area contributed by atoms with Gasteiger partial charge in [-0.2, -0.15) is 0 Å². The Bertz CT molecular complexity index is 505. The lowest BCUT2D eigenvalue weighted by atomic mass is 10.2. The fraction of sp³-hybridized carbons (Fsp3) is 0.222. The molecule has 4 nitrogen and oxygen atoms in total. The van der Waals surface area contributed by atoms with Crippen LogP contribution in [0.25, 0.3) is 0 Å². The summed E-state index contributed by atoms with van der Waals surface area (Å²) in [5, 5.41) is 2.00. The lowest BCUT2D eigenvalue weighted by molar-refractivity contribution is -0.110. The van der Waals surface area contributed by atoms with E-state index in [-0.39, 0.29) is 11.4 Å². The van der Waals surface area contributed by atoms with Gasteiger partial charge in [0.15, 0.2) is 0 Å². The van der Waals surface area contributed by atoms with Crippen molar-refractivity contribution < 1.29 is 13.2 Å². The number of aryl methyl sites for hydroxylation is 1. The largest absolute Gasteiger partial charge is 0.376 e. The molecular formula is C9H9NO3S. The Morgan fingerprint density at radius 2 is 2.07 bits per heavy atom. The zero-order chi connectivity index (χ0) is 10.3. The summed E-state index contributed by atoms with van der Waals surface area (Å²) in [6.07, 6.45) is 0. The monoisotopic (exact) mass is 211 g/mol. The molecule has 5 heteroatoms. The number of hydrogen-bond acceptors (Lipinski definition) is 4. The molecule has 0 amide bonds. The van der Waals surface area contributed by atoms with E-state index < -0.39 is 15.0 Å². The average molecular weight is 211 g/mol. The Kier molecular flexibility index (Phi) is 1.85. The highest BCUT2D eigenvalue weighted by Crippen LogP contribution is 2.27. The van der Waals surface area contributed by atoms with E-state index in [4.69, 9.17) is 0 Å². The van der Waals surface area contributed by atoms with Gasteiger partial charge in [-0.05, 0) is 24.6 Å². The SMILES string of the molecule is Cc1ccc2c(c1)S(=O)(=O)C(=O)CN2. The van der Waals surface area contributed by atoms with Crippen LogP contribution in [0.5, 0.6) is 0 Å². The first kappa shape index (κ1) is 9.21. The predicted molar refractivity (Wildman–Crippen MR) is 51.9 cm³/mol. The molecule has 1 N–H and O–H groups in total. The maximum atomic E-state index is 11.6. The van der Waals surface area contributed by atoms with Crippen molar-refractivity contribution in [1.82, 2.24) is 0 Å². The molecule has 0 fully saturated rings. The molecule has 0 aliphatic carbocycles. The standard InChI is InChI=1S/C9H9NO3S/c1-6-2-3-7-8(4-6)14(12,13)9(11)5-10-7/h2-4,10H,5H2,1H3. The molecule has 0 bridgehead atoms. The van der Waals surface area contributed by atoms with Gasteiger partial charge in [0.1, 0.15) is 0 Å². The zero-order valence-corrected chi connectivity index (χ0v) is 8.39. The van der Waals surface area contributed by atoms with Crippen LogP contribution >= 0.6 is 0 Å². The zero-order valence-electron chi connectivity index (χ0n) is 7.57. The van der Waals surface area contributed by atoms with Crippen molar-refractivity contribution in [2.45, 2.75) is 11.8 Å². The quantitative estimate of drug-likeness (QED) is 0.686. The van der Waals surface area contributed by atoms with Gasteiger partial charge in [-0.25, -0.2) is 8.42 Å². The van der Waals surface area contributed by atoms with Gasteiger partial charge >= 0.3 is 0 Å². The molecule has 1 aromatic carbocycles. The maximum absolute atomic E-state index is 11.6. The van der Waals surface area contributed by atoms with Crippen molar-refractivity contribution in [3.05, 3.63) is 23.8 Å². The van der Waals surface area contributed by atoms with Crippen LogP contribution in [-0.2, 0) is 14.6 Å². The number of benzene rings is 1. The van der Waals surface area contributed by atoms with Gasteiger partial charge in [0.25, 0.3) is 5.12 Å². The van der Waals surface area contributed by atoms with Crippen LogP contribution < -0.4 is 5.32 Å². The van der Waals surface area contributed by atoms with Crippen LogP contribution in [0.2, 0.25) is 0 Å². The summed E-state index contributed by atoms with van der Waals surface area (Å²) in [4.78, 5) is 11.2. The summed E-state index contributed by atoms with van der Waals surface area (Å²) >= 11 is 0. The van der Waals surface area contributed by atoms with Crippen molar-refractivity contribution in [3.8, 4) is 0 Å². The Hall–Kier alpha value is -1.36. The minimum Gasteiger partial charge on any atom is -0.376 e. The van der Waals surface area contributed by atoms with E-state index in [1.54, 1.807) is 19.1 Å². The molecule has 1 heterocycles. The van der Waals surface area contributed by atoms with Gasteiger partial charge in [0, 0.05) is 0 Å². The molecule has 0 spiro atoms. The third-order valence-corrected chi connectivity index (χ3v) is 3.81. The third kappa shape index (κ3) is 1.21. The lowest BCUT2D eigenvalue weighted by Crippen LogP contribution is -2.29. The molecule has 0 radical (unpaired) electrons. The Morgan fingerprint density at radius 1 is 1.36 bits per heavy atom. The van der Waals surface area contributed by atoms with Crippen molar-refractivity contribution in [1.29, 1.82) is 0 Å². The number of rotatable bonds is 0. The molecule has 74 valence electrons. The molecule has 1 aliphatic heterocycles. The van der Waals surface area contributed by atoms with Crippen molar-refractivity contribution in [3.63, 3.8) is 0 Å². The second-order valence-electron chi connectivity index (χ2n) is 3.23. The molecule has 0 aromatic heterocycles. The smallest absolute Gasteiger partial charge is 0.270 e. The highest BCUT2D eigenvalue weighted by molar-refractivity contribution is 8.06. The van der Waals surface area contributed by atoms with E-state index in [0.29, 0.717) is 5.69 Å². The number of fused-ring (bicyclic) bond motifs is 1. The van der Waals surface area contributed by atoms with Crippen LogP contribution in [0.4, 0.5) is 5.69 Å². The van der Waals surface area contributed by atoms with Gasteiger partial charge in [-0.15, -0.1) is 0 Å². The second kappa shape index (κ2) is 2.81. The molecule has 1 aliphatic rings. The molecule has 14 heavy (non-hydrogen) atoms. The summed E-state index contributed by atoms with van der Waals surface area (Å²) in [6, 6.07) is 4.99. The first-order valence-corrected chi connectivity index (χ1v) is 5.62. The van der Waals surface area contributed by atoms with Crippen LogP contribution in [0.3, 0.4) is 0 Å². The summed E-state index contributed by atoms with van der Waals surface area (Å²) in [7, 11) is -3.74. The number of sulfone groups is 1. The number of anilines is 1. The van der Waals surface area contributed by atoms with E-state index in [9.17, 15) is 13.2 Å². The number of carbonyl (C=O) groups excluding carboxylic acids is 1. The molecule has 1 aromatic rings. The first-order valence-electron chi connectivity index (χ1n) is 4.14. The van der Waals surface area contributed by atoms with E-state index >= 15 is 0 Å². The van der Waals surface area contributed by atoms with E-state index in [0.717, 1.165) is 5.56 Å². The van der Waals surface area contributed by atoms with E-state index in [1.807, 2.05) is 0 Å². The van der Waals surface area contributed by atoms with Gasteiger partial charge in [0.2, 0.25) is 9.84 Å². The van der Waals surface area contributed by atoms with E-state index in [1.165, 1.54) is 6.07 Å². The van der Waals surface area contributed by atoms with Gasteiger partial charge in [0.05, 0.1) is 17.1 Å². The fourth-order valence-corrected chi connectivity index (χ4v) is 2.66. The van der Waals surface area contributed by atoms with Crippen molar-refractivity contribution in [2.75, 3.05) is 11.9 Å². The maximum Gasteiger partial charge on any atom is 0.270 e. The Morgan fingerprint density at radius 3 is 2.79 bits per heavy atom. The van der Waals surface area contributed by atoms with Crippen molar-refractivity contribution >= 4 is 20.6 Å². The van der Waals surface area contributed by atoms with Crippen LogP contribution in [0, 0.1) is 6.92 Å². The Balaban J connectivity index is 2.74. The summed E-state index contributed by atoms with van der Waals surface area (Å²) in [5.41, 5.74) is 1.33. The van der Waals surface area contributed by atoms with Crippen LogP contribution in [0.15, 0.2) is 23.1 Å². The molecule has 0 saturated heterocycles. The molecule has 2 rings (SSSR count). The third-order valence-electron chi connectivity index (χ3n) is 2.15. The Labute approximate surface area is 81.9 Å². The molecule has 0 unspecified atom stereocenters. The van der Waals surface area contributed by atoms with Gasteiger partial charge in [-0.3, -0.25) is 4.79 Å². The summed E-state index contributed by atoms with van der Waals surface area (Å²) in [5.74, 6) is 0. The lowest BCUT2D eigenvalue weighted by Gasteiger charge is -2.17. The van der Waals surface area contributed by atoms with Gasteiger partial charge in [-0.1, -0.05) is 6.07 Å². The topological polar surface area (TPSA) is 63.2 Å². The van der Waals surface area contributed by atoms with E-state index in [2.05, 4.69) is 5.32 Å². The second-order valence-corrected chi connectivity index (χ2v) is 5.13. The normalized spacial score (nSPS) is 18.5. The molecular weight excluding hydrogens is 202 g/mol. The first-order chi connectivity index (χ1) is 6.51. The fourth-order valence-electron chi connectivity index (χ4n) is 1.38. The minimum atomic E-state index is -3.74. The highest BCUT2D eigenvalue weighted by Gasteiger charge is 2.31. The summed E-state index contributed by atoms with van der Waals surface area (Å²) < 4.78 is 23.1. The van der Waals surface area contributed by atoms with Crippen LogP contribution in [-0.4, -0.2) is 20.1 Å². The molecule has 0 atom stereocenters. The predicted octanol–water partition coefficient (Wildman–Crippen LogP) is 0.721. The molecule has 0 saturated carbocycles. The number of carbonyl (C=O) groups is 1. The number of nitrogens with one attached hydrogen (secondary N) is 1. The minimum absolute atomic E-state index is 0.0914. The number of hydrogen-bond donors (Lipinski definition) is 1. The average Bonchev–Trinajstić information content (AvgIpc) is 2.13. The highest BCUT2D eigenvalue weighted by atomic mass is 32.2. The summed E-state index contributed by atoms with van der Waals surface area (Å²) in [6.45, 7) is 1.65. The van der Waals surface area contributed by atoms with Crippen molar-refractivity contribution in [2.24, 2.45) is 0 Å².